The molecule has 1 saturated heterocycles. The minimum Gasteiger partial charge on any atom is -0.504 e. The van der Waals surface area contributed by atoms with E-state index in [1.165, 1.54) is 12.0 Å². The van der Waals surface area contributed by atoms with Gasteiger partial charge in [-0.3, -0.25) is 4.90 Å². The van der Waals surface area contributed by atoms with E-state index in [4.69, 9.17) is 4.74 Å². The number of nitrogens with zero attached hydrogens (tertiary/aromatic N) is 1. The highest BCUT2D eigenvalue weighted by molar-refractivity contribution is 5.42. The van der Waals surface area contributed by atoms with Gasteiger partial charge in [0.05, 0.1) is 7.11 Å². The third kappa shape index (κ3) is 3.01. The highest BCUT2D eigenvalue weighted by atomic mass is 16.5. The molecule has 0 saturated carbocycles. The summed E-state index contributed by atoms with van der Waals surface area (Å²) in [5.74, 6) is 0.744. The number of phenols is 1. The number of benzene rings is 1. The fourth-order valence-corrected chi connectivity index (χ4v) is 2.92. The largest absolute Gasteiger partial charge is 0.504 e. The van der Waals surface area contributed by atoms with Crippen LogP contribution in [0.3, 0.4) is 0 Å². The molecule has 1 aromatic rings. The number of phenolic OH excluding ortho intramolecular Hbond substituents is 1. The summed E-state index contributed by atoms with van der Waals surface area (Å²) >= 11 is 0. The Hall–Kier alpha value is -1.26. The molecule has 106 valence electrons. The van der Waals surface area contributed by atoms with Crippen LogP contribution in [-0.2, 0) is 0 Å². The smallest absolute Gasteiger partial charge is 0.160 e. The molecule has 2 rings (SSSR count). The lowest BCUT2D eigenvalue weighted by molar-refractivity contribution is 0.162. The Balaban J connectivity index is 2.18. The minimum atomic E-state index is 0.198. The van der Waals surface area contributed by atoms with Gasteiger partial charge in [0.2, 0.25) is 0 Å². The van der Waals surface area contributed by atoms with Crippen molar-refractivity contribution in [2.75, 3.05) is 26.7 Å². The average Bonchev–Trinajstić information content (AvgIpc) is 2.94. The van der Waals surface area contributed by atoms with E-state index < -0.39 is 0 Å². The highest BCUT2D eigenvalue weighted by Crippen LogP contribution is 2.32. The SMILES string of the molecule is CCN(C1CCNC1)C(C)c1ccc(O)c(OC)c1. The lowest BCUT2D eigenvalue weighted by atomic mass is 10.0. The van der Waals surface area contributed by atoms with E-state index in [-0.39, 0.29) is 5.75 Å². The number of rotatable bonds is 5. The van der Waals surface area contributed by atoms with E-state index in [1.54, 1.807) is 13.2 Å². The summed E-state index contributed by atoms with van der Waals surface area (Å²) in [6.07, 6.45) is 1.20. The third-order valence-corrected chi connectivity index (χ3v) is 4.05. The summed E-state index contributed by atoms with van der Waals surface area (Å²) in [7, 11) is 1.59. The van der Waals surface area contributed by atoms with E-state index in [9.17, 15) is 5.11 Å². The monoisotopic (exact) mass is 264 g/mol. The Morgan fingerprint density at radius 3 is 2.89 bits per heavy atom. The van der Waals surface area contributed by atoms with Gasteiger partial charge in [-0.1, -0.05) is 13.0 Å². The molecule has 1 aliphatic rings. The summed E-state index contributed by atoms with van der Waals surface area (Å²) < 4.78 is 5.19. The lowest BCUT2D eigenvalue weighted by Gasteiger charge is -2.33. The van der Waals surface area contributed by atoms with E-state index in [2.05, 4.69) is 24.1 Å². The van der Waals surface area contributed by atoms with Gasteiger partial charge in [-0.2, -0.15) is 0 Å². The third-order valence-electron chi connectivity index (χ3n) is 4.05. The molecule has 1 fully saturated rings. The number of nitrogens with one attached hydrogen (secondary N) is 1. The van der Waals surface area contributed by atoms with Gasteiger partial charge in [0, 0.05) is 18.6 Å². The zero-order chi connectivity index (χ0) is 13.8. The molecule has 4 nitrogen and oxygen atoms in total. The molecular weight excluding hydrogens is 240 g/mol. The van der Waals surface area contributed by atoms with Gasteiger partial charge >= 0.3 is 0 Å². The van der Waals surface area contributed by atoms with Gasteiger partial charge in [-0.05, 0) is 44.1 Å². The summed E-state index contributed by atoms with van der Waals surface area (Å²) in [6.45, 7) is 7.61. The summed E-state index contributed by atoms with van der Waals surface area (Å²) in [4.78, 5) is 2.51. The molecule has 0 bridgehead atoms. The van der Waals surface area contributed by atoms with E-state index in [1.807, 2.05) is 12.1 Å². The molecule has 0 aliphatic carbocycles. The molecule has 2 atom stereocenters. The second kappa shape index (κ2) is 6.26. The maximum Gasteiger partial charge on any atom is 0.160 e. The Labute approximate surface area is 115 Å². The molecule has 0 aromatic heterocycles. The number of likely N-dealkylation sites (N-methyl/N-ethyl adjacent to an activating group) is 1. The molecule has 1 aromatic carbocycles. The number of ether oxygens (including phenoxy) is 1. The van der Waals surface area contributed by atoms with Crippen LogP contribution in [0.4, 0.5) is 0 Å². The van der Waals surface area contributed by atoms with Crippen molar-refractivity contribution in [3.63, 3.8) is 0 Å². The topological polar surface area (TPSA) is 44.7 Å². The summed E-state index contributed by atoms with van der Waals surface area (Å²) in [5.41, 5.74) is 1.18. The van der Waals surface area contributed by atoms with Gasteiger partial charge in [0.1, 0.15) is 0 Å². The van der Waals surface area contributed by atoms with Crippen LogP contribution in [0.25, 0.3) is 0 Å². The number of methoxy groups -OCH3 is 1. The van der Waals surface area contributed by atoms with Crippen LogP contribution < -0.4 is 10.1 Å². The minimum absolute atomic E-state index is 0.198. The van der Waals surface area contributed by atoms with Crippen molar-refractivity contribution < 1.29 is 9.84 Å². The van der Waals surface area contributed by atoms with Crippen LogP contribution in [0.15, 0.2) is 18.2 Å². The van der Waals surface area contributed by atoms with Gasteiger partial charge in [-0.25, -0.2) is 0 Å². The van der Waals surface area contributed by atoms with Crippen LogP contribution in [0.5, 0.6) is 11.5 Å². The Kier molecular flexibility index (Phi) is 4.66. The van der Waals surface area contributed by atoms with Crippen molar-refractivity contribution in [3.05, 3.63) is 23.8 Å². The Morgan fingerprint density at radius 1 is 1.53 bits per heavy atom. The van der Waals surface area contributed by atoms with Gasteiger partial charge in [-0.15, -0.1) is 0 Å². The Morgan fingerprint density at radius 2 is 2.32 bits per heavy atom. The van der Waals surface area contributed by atoms with Crippen LogP contribution in [0, 0.1) is 0 Å². The fourth-order valence-electron chi connectivity index (χ4n) is 2.92. The average molecular weight is 264 g/mol. The maximum absolute atomic E-state index is 9.68. The molecule has 1 heterocycles. The van der Waals surface area contributed by atoms with Crippen LogP contribution >= 0.6 is 0 Å². The quantitative estimate of drug-likeness (QED) is 0.855. The molecule has 4 heteroatoms. The number of aromatic hydroxyl groups is 1. The van der Waals surface area contributed by atoms with E-state index >= 15 is 0 Å². The van der Waals surface area contributed by atoms with Gasteiger partial charge in [0.15, 0.2) is 11.5 Å². The molecule has 0 spiro atoms. The number of hydrogen-bond acceptors (Lipinski definition) is 4. The number of hydrogen-bond donors (Lipinski definition) is 2. The summed E-state index contributed by atoms with van der Waals surface area (Å²) in [6, 6.07) is 6.55. The second-order valence-electron chi connectivity index (χ2n) is 5.08. The molecular formula is C15H24N2O2. The highest BCUT2D eigenvalue weighted by Gasteiger charge is 2.26. The molecule has 19 heavy (non-hydrogen) atoms. The molecule has 0 radical (unpaired) electrons. The second-order valence-corrected chi connectivity index (χ2v) is 5.08. The fraction of sp³-hybridized carbons (Fsp3) is 0.600. The molecule has 1 aliphatic heterocycles. The predicted octanol–water partition coefficient (Wildman–Crippen LogP) is 2.15. The first-order valence-corrected chi connectivity index (χ1v) is 7.00. The zero-order valence-corrected chi connectivity index (χ0v) is 12.0. The lowest BCUT2D eigenvalue weighted by Crippen LogP contribution is -2.38. The standard InChI is InChI=1S/C15H24N2O2/c1-4-17(13-7-8-16-10-13)11(2)12-5-6-14(18)15(9-12)19-3/h5-6,9,11,13,16,18H,4,7-8,10H2,1-3H3. The van der Waals surface area contributed by atoms with Crippen molar-refractivity contribution in [3.8, 4) is 11.5 Å². The normalized spacial score (nSPS) is 20.7. The van der Waals surface area contributed by atoms with Crippen LogP contribution in [0.2, 0.25) is 0 Å². The van der Waals surface area contributed by atoms with Crippen LogP contribution in [-0.4, -0.2) is 42.8 Å². The zero-order valence-electron chi connectivity index (χ0n) is 12.0. The van der Waals surface area contributed by atoms with Crippen molar-refractivity contribution in [2.24, 2.45) is 0 Å². The molecule has 2 N–H and O–H groups in total. The molecule has 2 unspecified atom stereocenters. The van der Waals surface area contributed by atoms with Crippen molar-refractivity contribution in [1.29, 1.82) is 0 Å². The van der Waals surface area contributed by atoms with E-state index in [0.717, 1.165) is 19.6 Å². The first-order valence-electron chi connectivity index (χ1n) is 7.00. The molecule has 0 amide bonds. The van der Waals surface area contributed by atoms with Crippen molar-refractivity contribution >= 4 is 0 Å². The van der Waals surface area contributed by atoms with Gasteiger partial charge in [0.25, 0.3) is 0 Å². The first kappa shape index (κ1) is 14.2. The Bertz CT molecular complexity index is 417. The van der Waals surface area contributed by atoms with Crippen molar-refractivity contribution in [1.82, 2.24) is 10.2 Å². The predicted molar refractivity (Wildman–Crippen MR) is 76.7 cm³/mol. The van der Waals surface area contributed by atoms with Crippen LogP contribution in [0.1, 0.15) is 31.9 Å². The van der Waals surface area contributed by atoms with E-state index in [0.29, 0.717) is 17.8 Å². The maximum atomic E-state index is 9.68. The van der Waals surface area contributed by atoms with Crippen molar-refractivity contribution in [2.45, 2.75) is 32.4 Å². The summed E-state index contributed by atoms with van der Waals surface area (Å²) in [5, 5.41) is 13.1. The van der Waals surface area contributed by atoms with Gasteiger partial charge < -0.3 is 15.2 Å². The first-order chi connectivity index (χ1) is 9.17.